The number of methoxy groups -OCH3 is 1. The van der Waals surface area contributed by atoms with Crippen molar-refractivity contribution in [2.45, 2.75) is 20.5 Å². The smallest absolute Gasteiger partial charge is 0.124 e. The highest BCUT2D eigenvalue weighted by atomic mass is 16.5. The Kier molecular flexibility index (Phi) is 3.88. The normalized spacial score (nSPS) is 10.2. The van der Waals surface area contributed by atoms with Crippen molar-refractivity contribution in [3.05, 3.63) is 59.2 Å². The van der Waals surface area contributed by atoms with Crippen LogP contribution in [-0.4, -0.2) is 7.11 Å². The molecule has 0 heterocycles. The van der Waals surface area contributed by atoms with Crippen molar-refractivity contribution in [2.24, 2.45) is 0 Å². The van der Waals surface area contributed by atoms with E-state index in [0.717, 1.165) is 22.6 Å². The fraction of sp³-hybridized carbons (Fsp3) is 0.250. The summed E-state index contributed by atoms with van der Waals surface area (Å²) in [6, 6.07) is 14.2. The second kappa shape index (κ2) is 5.58. The van der Waals surface area contributed by atoms with Crippen LogP contribution in [0.4, 0.5) is 0 Å². The minimum absolute atomic E-state index is 0.589. The molecule has 2 aromatic carbocycles. The van der Waals surface area contributed by atoms with E-state index in [0.29, 0.717) is 6.61 Å². The van der Waals surface area contributed by atoms with Crippen LogP contribution in [0.15, 0.2) is 42.5 Å². The zero-order valence-corrected chi connectivity index (χ0v) is 11.1. The molecule has 2 rings (SSSR count). The molecule has 0 fully saturated rings. The Morgan fingerprint density at radius 2 is 1.56 bits per heavy atom. The van der Waals surface area contributed by atoms with Crippen LogP contribution >= 0.6 is 0 Å². The maximum Gasteiger partial charge on any atom is 0.124 e. The molecule has 0 aliphatic rings. The maximum atomic E-state index is 5.80. The first-order valence-corrected chi connectivity index (χ1v) is 6.02. The summed E-state index contributed by atoms with van der Waals surface area (Å²) in [7, 11) is 1.69. The number of ether oxygens (including phenoxy) is 2. The summed E-state index contributed by atoms with van der Waals surface area (Å²) in [5.41, 5.74) is 3.37. The Labute approximate surface area is 108 Å². The summed E-state index contributed by atoms with van der Waals surface area (Å²) in [6.07, 6.45) is 0. The molecule has 2 heteroatoms. The van der Waals surface area contributed by atoms with Crippen LogP contribution in [0.5, 0.6) is 11.5 Å². The van der Waals surface area contributed by atoms with Gasteiger partial charge in [0.25, 0.3) is 0 Å². The highest BCUT2D eigenvalue weighted by Gasteiger charge is 2.06. The van der Waals surface area contributed by atoms with E-state index in [1.165, 1.54) is 5.56 Å². The molecule has 0 bridgehead atoms. The molecular weight excluding hydrogens is 224 g/mol. The Morgan fingerprint density at radius 3 is 2.11 bits per heavy atom. The van der Waals surface area contributed by atoms with Crippen molar-refractivity contribution in [1.29, 1.82) is 0 Å². The number of hydrogen-bond donors (Lipinski definition) is 0. The topological polar surface area (TPSA) is 18.5 Å². The first-order chi connectivity index (χ1) is 8.70. The fourth-order valence-corrected chi connectivity index (χ4v) is 2.06. The summed E-state index contributed by atoms with van der Waals surface area (Å²) >= 11 is 0. The minimum Gasteiger partial charge on any atom is -0.496 e. The third-order valence-corrected chi connectivity index (χ3v) is 2.89. The van der Waals surface area contributed by atoms with Crippen LogP contribution in [0.2, 0.25) is 0 Å². The second-order valence-corrected chi connectivity index (χ2v) is 4.36. The molecule has 0 saturated carbocycles. The third kappa shape index (κ3) is 2.83. The van der Waals surface area contributed by atoms with Crippen LogP contribution in [0, 0.1) is 13.8 Å². The van der Waals surface area contributed by atoms with Crippen molar-refractivity contribution in [3.63, 3.8) is 0 Å². The molecule has 0 radical (unpaired) electrons. The summed E-state index contributed by atoms with van der Waals surface area (Å²) in [6.45, 7) is 4.65. The quantitative estimate of drug-likeness (QED) is 0.809. The maximum absolute atomic E-state index is 5.80. The van der Waals surface area contributed by atoms with Gasteiger partial charge in [-0.2, -0.15) is 0 Å². The molecule has 0 saturated heterocycles. The van der Waals surface area contributed by atoms with Crippen LogP contribution in [0.25, 0.3) is 0 Å². The van der Waals surface area contributed by atoms with Crippen LogP contribution < -0.4 is 9.47 Å². The first kappa shape index (κ1) is 12.5. The van der Waals surface area contributed by atoms with Gasteiger partial charge in [0.05, 0.1) is 7.11 Å². The molecule has 2 aromatic rings. The van der Waals surface area contributed by atoms with Gasteiger partial charge in [-0.05, 0) is 42.7 Å². The van der Waals surface area contributed by atoms with Crippen LogP contribution in [0.1, 0.15) is 16.7 Å². The number of aryl methyl sites for hydroxylation is 2. The average Bonchev–Trinajstić information content (AvgIpc) is 2.37. The molecule has 0 spiro atoms. The van der Waals surface area contributed by atoms with Gasteiger partial charge in [-0.1, -0.05) is 30.3 Å². The van der Waals surface area contributed by atoms with E-state index in [1.54, 1.807) is 7.11 Å². The lowest BCUT2D eigenvalue weighted by Crippen LogP contribution is -1.97. The van der Waals surface area contributed by atoms with E-state index < -0.39 is 0 Å². The SMILES string of the molecule is COc1c(C)cc(OCc2ccccc2)cc1C. The predicted octanol–water partition coefficient (Wildman–Crippen LogP) is 3.89. The molecule has 0 aliphatic carbocycles. The number of benzene rings is 2. The highest BCUT2D eigenvalue weighted by molar-refractivity contribution is 5.45. The summed E-state index contributed by atoms with van der Waals surface area (Å²) < 4.78 is 11.1. The van der Waals surface area contributed by atoms with E-state index in [2.05, 4.69) is 12.1 Å². The molecule has 94 valence electrons. The van der Waals surface area contributed by atoms with Crippen molar-refractivity contribution in [3.8, 4) is 11.5 Å². The Balaban J connectivity index is 2.11. The Bertz CT molecular complexity index is 495. The first-order valence-electron chi connectivity index (χ1n) is 6.02. The minimum atomic E-state index is 0.589. The molecule has 2 nitrogen and oxygen atoms in total. The van der Waals surface area contributed by atoms with Crippen molar-refractivity contribution in [2.75, 3.05) is 7.11 Å². The van der Waals surface area contributed by atoms with Gasteiger partial charge in [0.1, 0.15) is 18.1 Å². The lowest BCUT2D eigenvalue weighted by molar-refractivity contribution is 0.305. The summed E-state index contributed by atoms with van der Waals surface area (Å²) in [5, 5.41) is 0. The molecule has 0 aromatic heterocycles. The second-order valence-electron chi connectivity index (χ2n) is 4.36. The number of rotatable bonds is 4. The van der Waals surface area contributed by atoms with Gasteiger partial charge in [0.15, 0.2) is 0 Å². The largest absolute Gasteiger partial charge is 0.496 e. The van der Waals surface area contributed by atoms with Gasteiger partial charge in [-0.25, -0.2) is 0 Å². The molecule has 0 aliphatic heterocycles. The molecule has 0 atom stereocenters. The Morgan fingerprint density at radius 1 is 0.944 bits per heavy atom. The lowest BCUT2D eigenvalue weighted by Gasteiger charge is -2.12. The van der Waals surface area contributed by atoms with Crippen LogP contribution in [0.3, 0.4) is 0 Å². The summed E-state index contributed by atoms with van der Waals surface area (Å²) in [5.74, 6) is 1.82. The molecular formula is C16H18O2. The monoisotopic (exact) mass is 242 g/mol. The standard InChI is InChI=1S/C16H18O2/c1-12-9-15(10-13(2)16(12)17-3)18-11-14-7-5-4-6-8-14/h4-10H,11H2,1-3H3. The average molecular weight is 242 g/mol. The van der Waals surface area contributed by atoms with Gasteiger partial charge in [0, 0.05) is 0 Å². The number of hydrogen-bond acceptors (Lipinski definition) is 2. The predicted molar refractivity (Wildman–Crippen MR) is 73.2 cm³/mol. The van der Waals surface area contributed by atoms with Gasteiger partial charge >= 0.3 is 0 Å². The van der Waals surface area contributed by atoms with Gasteiger partial charge in [-0.15, -0.1) is 0 Å². The highest BCUT2D eigenvalue weighted by Crippen LogP contribution is 2.28. The third-order valence-electron chi connectivity index (χ3n) is 2.89. The van der Waals surface area contributed by atoms with Crippen molar-refractivity contribution >= 4 is 0 Å². The van der Waals surface area contributed by atoms with Gasteiger partial charge < -0.3 is 9.47 Å². The fourth-order valence-electron chi connectivity index (χ4n) is 2.06. The van der Waals surface area contributed by atoms with E-state index in [4.69, 9.17) is 9.47 Å². The zero-order chi connectivity index (χ0) is 13.0. The molecule has 18 heavy (non-hydrogen) atoms. The Hall–Kier alpha value is -1.96. The van der Waals surface area contributed by atoms with Crippen LogP contribution in [-0.2, 0) is 6.61 Å². The molecule has 0 N–H and O–H groups in total. The van der Waals surface area contributed by atoms with Gasteiger partial charge in [0.2, 0.25) is 0 Å². The lowest BCUT2D eigenvalue weighted by atomic mass is 10.1. The van der Waals surface area contributed by atoms with E-state index in [-0.39, 0.29) is 0 Å². The zero-order valence-electron chi connectivity index (χ0n) is 11.1. The van der Waals surface area contributed by atoms with E-state index >= 15 is 0 Å². The van der Waals surface area contributed by atoms with Crippen molar-refractivity contribution < 1.29 is 9.47 Å². The van der Waals surface area contributed by atoms with E-state index in [1.807, 2.05) is 44.2 Å². The molecule has 0 unspecified atom stereocenters. The molecule has 0 amide bonds. The van der Waals surface area contributed by atoms with Crippen molar-refractivity contribution in [1.82, 2.24) is 0 Å². The van der Waals surface area contributed by atoms with Gasteiger partial charge in [-0.3, -0.25) is 0 Å². The summed E-state index contributed by atoms with van der Waals surface area (Å²) in [4.78, 5) is 0. The van der Waals surface area contributed by atoms with E-state index in [9.17, 15) is 0 Å².